The first-order valence-corrected chi connectivity index (χ1v) is 10.7. The smallest absolute Gasteiger partial charge is 0.306 e. The van der Waals surface area contributed by atoms with Gasteiger partial charge in [-0.3, -0.25) is 14.4 Å². The molecule has 1 heterocycles. The van der Waals surface area contributed by atoms with Crippen molar-refractivity contribution in [2.45, 2.75) is 52.7 Å². The molecule has 7 heteroatoms. The van der Waals surface area contributed by atoms with Gasteiger partial charge in [0.1, 0.15) is 0 Å². The van der Waals surface area contributed by atoms with Crippen molar-refractivity contribution in [2.24, 2.45) is 7.05 Å². The van der Waals surface area contributed by atoms with E-state index in [2.05, 4.69) is 0 Å². The van der Waals surface area contributed by atoms with Crippen molar-refractivity contribution in [3.8, 4) is 0 Å². The quantitative estimate of drug-likeness (QED) is 0.517. The number of nitrogens with zero attached hydrogens (tertiary/aromatic N) is 3. The number of ether oxygens (including phenoxy) is 1. The van der Waals surface area contributed by atoms with Crippen LogP contribution in [-0.4, -0.2) is 51.3 Å². The predicted molar refractivity (Wildman–Crippen MR) is 119 cm³/mol. The van der Waals surface area contributed by atoms with E-state index in [9.17, 15) is 14.4 Å². The minimum absolute atomic E-state index is 0.0150. The molecule has 0 fully saturated rings. The number of rotatable bonds is 11. The van der Waals surface area contributed by atoms with Gasteiger partial charge in [0.05, 0.1) is 26.1 Å². The van der Waals surface area contributed by atoms with Gasteiger partial charge < -0.3 is 19.1 Å². The van der Waals surface area contributed by atoms with Gasteiger partial charge in [0.2, 0.25) is 11.8 Å². The largest absolute Gasteiger partial charge is 0.466 e. The Hall–Kier alpha value is -3.09. The average molecular weight is 428 g/mol. The third-order valence-electron chi connectivity index (χ3n) is 5.07. The number of aryl methyl sites for hydroxylation is 1. The molecule has 0 bridgehead atoms. The number of benzene rings is 1. The number of esters is 1. The van der Waals surface area contributed by atoms with Gasteiger partial charge in [-0.1, -0.05) is 30.3 Å². The molecule has 0 spiro atoms. The van der Waals surface area contributed by atoms with Crippen molar-refractivity contribution in [1.29, 1.82) is 0 Å². The SMILES string of the molecule is CCOC(=O)CCC(=O)N(CC(=O)N(Cc1ccccc1)Cc1cccn1C)C(C)C. The number of hydrogen-bond acceptors (Lipinski definition) is 4. The minimum atomic E-state index is -0.403. The number of amides is 2. The maximum atomic E-state index is 13.3. The second kappa shape index (κ2) is 11.9. The van der Waals surface area contributed by atoms with Gasteiger partial charge in [-0.25, -0.2) is 0 Å². The van der Waals surface area contributed by atoms with Crippen molar-refractivity contribution >= 4 is 17.8 Å². The number of carbonyl (C=O) groups is 3. The van der Waals surface area contributed by atoms with Crippen LogP contribution in [0, 0.1) is 0 Å². The van der Waals surface area contributed by atoms with Crippen LogP contribution >= 0.6 is 0 Å². The van der Waals surface area contributed by atoms with E-state index in [4.69, 9.17) is 4.74 Å². The molecule has 2 aromatic rings. The normalized spacial score (nSPS) is 10.7. The zero-order valence-corrected chi connectivity index (χ0v) is 18.9. The van der Waals surface area contributed by atoms with Gasteiger partial charge in [0.25, 0.3) is 0 Å². The third kappa shape index (κ3) is 7.59. The number of carbonyl (C=O) groups excluding carboxylic acids is 3. The summed E-state index contributed by atoms with van der Waals surface area (Å²) in [5.41, 5.74) is 2.03. The van der Waals surface area contributed by atoms with Gasteiger partial charge in [0, 0.05) is 37.9 Å². The zero-order chi connectivity index (χ0) is 22.8. The Bertz CT molecular complexity index is 861. The van der Waals surface area contributed by atoms with Crippen LogP contribution in [0.4, 0.5) is 0 Å². The van der Waals surface area contributed by atoms with Gasteiger partial charge >= 0.3 is 5.97 Å². The maximum Gasteiger partial charge on any atom is 0.306 e. The fraction of sp³-hybridized carbons (Fsp3) is 0.458. The van der Waals surface area contributed by atoms with Crippen LogP contribution in [0.25, 0.3) is 0 Å². The topological polar surface area (TPSA) is 71.8 Å². The molecule has 0 aliphatic heterocycles. The van der Waals surface area contributed by atoms with Gasteiger partial charge in [0.15, 0.2) is 0 Å². The predicted octanol–water partition coefficient (Wildman–Crippen LogP) is 3.13. The molecule has 0 radical (unpaired) electrons. The lowest BCUT2D eigenvalue weighted by Gasteiger charge is -2.30. The van der Waals surface area contributed by atoms with Crippen LogP contribution in [0.3, 0.4) is 0 Å². The van der Waals surface area contributed by atoms with E-state index < -0.39 is 5.97 Å². The first-order valence-electron chi connectivity index (χ1n) is 10.7. The van der Waals surface area contributed by atoms with Crippen LogP contribution in [-0.2, 0) is 39.3 Å². The van der Waals surface area contributed by atoms with E-state index in [0.29, 0.717) is 13.1 Å². The molecule has 0 atom stereocenters. The molecule has 2 rings (SSSR count). The number of aromatic nitrogens is 1. The molecule has 0 saturated heterocycles. The van der Waals surface area contributed by atoms with Gasteiger partial charge in [-0.05, 0) is 38.5 Å². The summed E-state index contributed by atoms with van der Waals surface area (Å²) in [4.78, 5) is 40.9. The molecular weight excluding hydrogens is 394 g/mol. The van der Waals surface area contributed by atoms with Crippen LogP contribution in [0.1, 0.15) is 44.9 Å². The Labute approximate surface area is 184 Å². The van der Waals surface area contributed by atoms with E-state index in [1.54, 1.807) is 11.8 Å². The van der Waals surface area contributed by atoms with Gasteiger partial charge in [-0.2, -0.15) is 0 Å². The molecule has 7 nitrogen and oxygen atoms in total. The van der Waals surface area contributed by atoms with E-state index in [0.717, 1.165) is 11.3 Å². The first kappa shape index (κ1) is 24.2. The monoisotopic (exact) mass is 427 g/mol. The Morgan fingerprint density at radius 3 is 2.26 bits per heavy atom. The lowest BCUT2D eigenvalue weighted by molar-refractivity contribution is -0.147. The molecule has 31 heavy (non-hydrogen) atoms. The van der Waals surface area contributed by atoms with E-state index in [-0.39, 0.29) is 43.8 Å². The van der Waals surface area contributed by atoms with Crippen molar-refractivity contribution < 1.29 is 19.1 Å². The maximum absolute atomic E-state index is 13.3. The van der Waals surface area contributed by atoms with E-state index in [1.165, 1.54) is 4.90 Å². The lowest BCUT2D eigenvalue weighted by Crippen LogP contribution is -2.45. The Balaban J connectivity index is 2.12. The molecule has 0 N–H and O–H groups in total. The molecule has 0 aliphatic carbocycles. The standard InChI is InChI=1S/C24H33N3O4/c1-5-31-24(30)14-13-22(28)27(19(2)3)18-23(29)26(16-20-10-7-6-8-11-20)17-21-12-9-15-25(21)4/h6-12,15,19H,5,13-14,16-18H2,1-4H3. The summed E-state index contributed by atoms with van der Waals surface area (Å²) in [6, 6.07) is 13.6. The highest BCUT2D eigenvalue weighted by atomic mass is 16.5. The molecule has 1 aromatic heterocycles. The van der Waals surface area contributed by atoms with Crippen molar-refractivity contribution in [3.05, 3.63) is 59.9 Å². The van der Waals surface area contributed by atoms with E-state index >= 15 is 0 Å². The summed E-state index contributed by atoms with van der Waals surface area (Å²) in [6.45, 7) is 6.62. The Kier molecular flexibility index (Phi) is 9.31. The fourth-order valence-electron chi connectivity index (χ4n) is 3.28. The molecular formula is C24H33N3O4. The van der Waals surface area contributed by atoms with Gasteiger partial charge in [-0.15, -0.1) is 0 Å². The summed E-state index contributed by atoms with van der Waals surface area (Å²) in [5.74, 6) is -0.765. The van der Waals surface area contributed by atoms with Crippen LogP contribution in [0.2, 0.25) is 0 Å². The Morgan fingerprint density at radius 2 is 1.68 bits per heavy atom. The van der Waals surface area contributed by atoms with Crippen LogP contribution in [0.5, 0.6) is 0 Å². The molecule has 1 aromatic carbocycles. The van der Waals surface area contributed by atoms with E-state index in [1.807, 2.05) is 74.1 Å². The second-order valence-corrected chi connectivity index (χ2v) is 7.77. The first-order chi connectivity index (χ1) is 14.8. The molecule has 168 valence electrons. The Morgan fingerprint density at radius 1 is 0.968 bits per heavy atom. The highest BCUT2D eigenvalue weighted by Crippen LogP contribution is 2.13. The van der Waals surface area contributed by atoms with Crippen LogP contribution in [0.15, 0.2) is 48.7 Å². The summed E-state index contributed by atoms with van der Waals surface area (Å²) in [5, 5.41) is 0. The second-order valence-electron chi connectivity index (χ2n) is 7.77. The highest BCUT2D eigenvalue weighted by Gasteiger charge is 2.24. The average Bonchev–Trinajstić information content (AvgIpc) is 3.14. The fourth-order valence-corrected chi connectivity index (χ4v) is 3.28. The molecule has 0 aliphatic rings. The highest BCUT2D eigenvalue weighted by molar-refractivity contribution is 5.86. The molecule has 2 amide bonds. The minimum Gasteiger partial charge on any atom is -0.466 e. The summed E-state index contributed by atoms with van der Waals surface area (Å²) >= 11 is 0. The summed E-state index contributed by atoms with van der Waals surface area (Å²) in [7, 11) is 1.94. The zero-order valence-electron chi connectivity index (χ0n) is 18.9. The molecule has 0 unspecified atom stereocenters. The third-order valence-corrected chi connectivity index (χ3v) is 5.07. The summed E-state index contributed by atoms with van der Waals surface area (Å²) in [6.07, 6.45) is 1.99. The van der Waals surface area contributed by atoms with Crippen LogP contribution < -0.4 is 0 Å². The van der Waals surface area contributed by atoms with Crippen molar-refractivity contribution in [2.75, 3.05) is 13.2 Å². The number of hydrogen-bond donors (Lipinski definition) is 0. The van der Waals surface area contributed by atoms with Crippen molar-refractivity contribution in [1.82, 2.24) is 14.4 Å². The lowest BCUT2D eigenvalue weighted by atomic mass is 10.2. The summed E-state index contributed by atoms with van der Waals surface area (Å²) < 4.78 is 6.88. The molecule has 0 saturated carbocycles. The van der Waals surface area contributed by atoms with Crippen molar-refractivity contribution in [3.63, 3.8) is 0 Å².